The van der Waals surface area contributed by atoms with Crippen LogP contribution in [0.1, 0.15) is 31.4 Å². The van der Waals surface area contributed by atoms with Crippen molar-refractivity contribution >= 4 is 33.8 Å². The maximum atomic E-state index is 13.0. The number of rotatable bonds is 7. The Morgan fingerprint density at radius 3 is 2.31 bits per heavy atom. The number of esters is 1. The van der Waals surface area contributed by atoms with Gasteiger partial charge in [0.05, 0.1) is 5.39 Å². The number of benzene rings is 3. The van der Waals surface area contributed by atoms with Crippen molar-refractivity contribution in [1.82, 2.24) is 5.32 Å². The average molecular weight is 474 g/mol. The molecule has 0 fully saturated rings. The first-order valence-electron chi connectivity index (χ1n) is 11.5. The third-order valence-electron chi connectivity index (χ3n) is 5.70. The van der Waals surface area contributed by atoms with Crippen LogP contribution in [-0.2, 0) is 16.1 Å². The highest BCUT2D eigenvalue weighted by molar-refractivity contribution is 6.05. The van der Waals surface area contributed by atoms with Gasteiger partial charge in [0, 0.05) is 10.9 Å². The second-order valence-corrected chi connectivity index (χ2v) is 8.81. The monoisotopic (exact) mass is 473 g/mol. The van der Waals surface area contributed by atoms with E-state index in [4.69, 9.17) is 13.9 Å². The molecule has 1 amide bonds. The van der Waals surface area contributed by atoms with Gasteiger partial charge in [0.25, 0.3) is 0 Å². The Balaban J connectivity index is 1.53. The first-order valence-corrected chi connectivity index (χ1v) is 11.5. The van der Waals surface area contributed by atoms with Gasteiger partial charge in [-0.15, -0.1) is 0 Å². The van der Waals surface area contributed by atoms with E-state index >= 15 is 0 Å². The zero-order valence-electron chi connectivity index (χ0n) is 19.9. The van der Waals surface area contributed by atoms with Crippen molar-refractivity contribution in [3.8, 4) is 5.75 Å². The lowest BCUT2D eigenvalue weighted by Gasteiger charge is -2.20. The van der Waals surface area contributed by atoms with E-state index in [0.717, 1.165) is 16.3 Å². The van der Waals surface area contributed by atoms with Gasteiger partial charge in [-0.3, -0.25) is 0 Å². The number of amides is 1. The zero-order valence-corrected chi connectivity index (χ0v) is 19.9. The SMILES string of the molecule is Cc1c(OC(=O)[C@H](CC(C)C)NC(=O)OCc2ccccc2)ccc2c1oc(=O)c1ccccc12. The summed E-state index contributed by atoms with van der Waals surface area (Å²) >= 11 is 0. The second kappa shape index (κ2) is 10.4. The fourth-order valence-corrected chi connectivity index (χ4v) is 3.94. The molecule has 0 spiro atoms. The lowest BCUT2D eigenvalue weighted by Crippen LogP contribution is -2.44. The molecule has 180 valence electrons. The number of ether oxygens (including phenoxy) is 2. The van der Waals surface area contributed by atoms with Crippen molar-refractivity contribution in [3.63, 3.8) is 0 Å². The predicted octanol–water partition coefficient (Wildman–Crippen LogP) is 5.50. The van der Waals surface area contributed by atoms with Crippen LogP contribution in [0.15, 0.2) is 75.9 Å². The Kier molecular flexibility index (Phi) is 7.15. The molecule has 0 radical (unpaired) electrons. The van der Waals surface area contributed by atoms with E-state index in [2.05, 4.69) is 5.32 Å². The highest BCUT2D eigenvalue weighted by atomic mass is 16.6. The molecular formula is C28H27NO6. The number of alkyl carbamates (subject to hydrolysis) is 1. The molecule has 4 aromatic rings. The van der Waals surface area contributed by atoms with E-state index < -0.39 is 23.7 Å². The van der Waals surface area contributed by atoms with E-state index in [1.165, 1.54) is 0 Å². The number of fused-ring (bicyclic) bond motifs is 3. The van der Waals surface area contributed by atoms with E-state index in [0.29, 0.717) is 23.0 Å². The van der Waals surface area contributed by atoms with Crippen molar-refractivity contribution in [2.24, 2.45) is 5.92 Å². The van der Waals surface area contributed by atoms with Gasteiger partial charge in [0.1, 0.15) is 24.0 Å². The Bertz CT molecular complexity index is 1420. The number of nitrogens with one attached hydrogen (secondary N) is 1. The molecule has 7 nitrogen and oxygen atoms in total. The topological polar surface area (TPSA) is 94.8 Å². The van der Waals surface area contributed by atoms with Gasteiger partial charge < -0.3 is 19.2 Å². The molecule has 0 saturated carbocycles. The molecule has 35 heavy (non-hydrogen) atoms. The molecule has 0 saturated heterocycles. The molecule has 1 heterocycles. The summed E-state index contributed by atoms with van der Waals surface area (Å²) in [4.78, 5) is 37.9. The summed E-state index contributed by atoms with van der Waals surface area (Å²) in [6, 6.07) is 19.0. The average Bonchev–Trinajstić information content (AvgIpc) is 2.85. The van der Waals surface area contributed by atoms with Gasteiger partial charge in [-0.25, -0.2) is 14.4 Å². The molecule has 1 N–H and O–H groups in total. The van der Waals surface area contributed by atoms with Crippen LogP contribution in [-0.4, -0.2) is 18.1 Å². The molecule has 0 unspecified atom stereocenters. The summed E-state index contributed by atoms with van der Waals surface area (Å²) in [6.45, 7) is 5.70. The molecule has 4 rings (SSSR count). The lowest BCUT2D eigenvalue weighted by molar-refractivity contribution is -0.137. The number of carbonyl (C=O) groups excluding carboxylic acids is 2. The standard InChI is InChI=1S/C28H27NO6/c1-17(2)15-23(29-28(32)33-16-19-9-5-4-6-10-19)27(31)34-24-14-13-21-20-11-7-8-12-22(20)26(30)35-25(21)18(24)3/h4-14,17,23H,15-16H2,1-3H3,(H,29,32)/t23-/m0/s1. The van der Waals surface area contributed by atoms with Crippen LogP contribution in [0.25, 0.3) is 21.7 Å². The van der Waals surface area contributed by atoms with Gasteiger partial charge in [-0.05, 0) is 48.4 Å². The number of hydrogen-bond acceptors (Lipinski definition) is 6. The van der Waals surface area contributed by atoms with Gasteiger partial charge in [-0.1, -0.05) is 62.4 Å². The first-order chi connectivity index (χ1) is 16.8. The number of aryl methyl sites for hydroxylation is 1. The molecule has 0 aliphatic rings. The third-order valence-corrected chi connectivity index (χ3v) is 5.70. The molecule has 1 atom stereocenters. The molecule has 1 aromatic heterocycles. The summed E-state index contributed by atoms with van der Waals surface area (Å²) in [5.41, 5.74) is 1.26. The maximum Gasteiger partial charge on any atom is 0.408 e. The lowest BCUT2D eigenvalue weighted by atomic mass is 10.0. The maximum absolute atomic E-state index is 13.0. The van der Waals surface area contributed by atoms with Crippen LogP contribution in [0.3, 0.4) is 0 Å². The summed E-state index contributed by atoms with van der Waals surface area (Å²) in [5, 5.41) is 4.62. The van der Waals surface area contributed by atoms with Crippen LogP contribution in [0.5, 0.6) is 5.75 Å². The second-order valence-electron chi connectivity index (χ2n) is 8.81. The number of hydrogen-bond donors (Lipinski definition) is 1. The number of carbonyl (C=O) groups is 2. The van der Waals surface area contributed by atoms with E-state index in [-0.39, 0.29) is 18.3 Å². The highest BCUT2D eigenvalue weighted by Crippen LogP contribution is 2.31. The smallest absolute Gasteiger partial charge is 0.408 e. The zero-order chi connectivity index (χ0) is 24.9. The quantitative estimate of drug-likeness (QED) is 0.165. The molecule has 7 heteroatoms. The molecular weight excluding hydrogens is 446 g/mol. The van der Waals surface area contributed by atoms with Crippen molar-refractivity contribution < 1.29 is 23.5 Å². The van der Waals surface area contributed by atoms with Gasteiger partial charge in [0.2, 0.25) is 0 Å². The van der Waals surface area contributed by atoms with Crippen LogP contribution in [0.4, 0.5) is 4.79 Å². The Labute approximate surface area is 202 Å². The van der Waals surface area contributed by atoms with Crippen molar-refractivity contribution in [2.45, 2.75) is 39.8 Å². The highest BCUT2D eigenvalue weighted by Gasteiger charge is 2.26. The summed E-state index contributed by atoms with van der Waals surface area (Å²) < 4.78 is 16.5. The minimum absolute atomic E-state index is 0.0902. The molecule has 3 aromatic carbocycles. The summed E-state index contributed by atoms with van der Waals surface area (Å²) in [7, 11) is 0. The Hall–Kier alpha value is -4.13. The van der Waals surface area contributed by atoms with E-state index in [9.17, 15) is 14.4 Å². The summed E-state index contributed by atoms with van der Waals surface area (Å²) in [5.74, 6) is -0.251. The molecule has 0 aliphatic heterocycles. The van der Waals surface area contributed by atoms with E-state index in [1.54, 1.807) is 31.2 Å². The fraction of sp³-hybridized carbons (Fsp3) is 0.250. The normalized spacial score (nSPS) is 12.0. The van der Waals surface area contributed by atoms with Crippen molar-refractivity contribution in [3.05, 3.63) is 88.3 Å². The fourth-order valence-electron chi connectivity index (χ4n) is 3.94. The summed E-state index contributed by atoms with van der Waals surface area (Å²) in [6.07, 6.45) is -0.338. The van der Waals surface area contributed by atoms with Crippen molar-refractivity contribution in [2.75, 3.05) is 0 Å². The van der Waals surface area contributed by atoms with Crippen LogP contribution in [0.2, 0.25) is 0 Å². The van der Waals surface area contributed by atoms with Gasteiger partial charge in [0.15, 0.2) is 0 Å². The van der Waals surface area contributed by atoms with Crippen LogP contribution in [0, 0.1) is 12.8 Å². The van der Waals surface area contributed by atoms with Crippen molar-refractivity contribution in [1.29, 1.82) is 0 Å². The van der Waals surface area contributed by atoms with Crippen LogP contribution < -0.4 is 15.7 Å². The Morgan fingerprint density at radius 2 is 1.60 bits per heavy atom. The first kappa shape index (κ1) is 24.0. The van der Waals surface area contributed by atoms with E-state index in [1.807, 2.05) is 56.3 Å². The largest absolute Gasteiger partial charge is 0.445 e. The molecule has 0 bridgehead atoms. The minimum Gasteiger partial charge on any atom is -0.445 e. The minimum atomic E-state index is -0.906. The molecule has 0 aliphatic carbocycles. The predicted molar refractivity (Wildman–Crippen MR) is 133 cm³/mol. The third kappa shape index (κ3) is 5.51. The van der Waals surface area contributed by atoms with Gasteiger partial charge >= 0.3 is 17.7 Å². The Morgan fingerprint density at radius 1 is 0.914 bits per heavy atom. The van der Waals surface area contributed by atoms with Gasteiger partial charge in [-0.2, -0.15) is 0 Å². The van der Waals surface area contributed by atoms with Crippen LogP contribution >= 0.6 is 0 Å².